The van der Waals surface area contributed by atoms with E-state index in [1.165, 1.54) is 0 Å². The quantitative estimate of drug-likeness (QED) is 0.628. The smallest absolute Gasteiger partial charge is 0.281 e. The summed E-state index contributed by atoms with van der Waals surface area (Å²) in [5.41, 5.74) is 0. The molecule has 1 unspecified atom stereocenters. The maximum atomic E-state index is 12.3. The van der Waals surface area contributed by atoms with Gasteiger partial charge in [-0.05, 0) is 12.8 Å². The summed E-state index contributed by atoms with van der Waals surface area (Å²) in [5, 5.41) is 0. The lowest BCUT2D eigenvalue weighted by atomic mass is 9.86. The van der Waals surface area contributed by atoms with Crippen molar-refractivity contribution in [3.05, 3.63) is 6.10 Å². The summed E-state index contributed by atoms with van der Waals surface area (Å²) in [7, 11) is 0. The molecule has 1 atom stereocenters. The molecule has 0 bridgehead atoms. The molecule has 1 radical (unpaired) electrons. The first-order valence-electron chi connectivity index (χ1n) is 4.38. The third kappa shape index (κ3) is 3.89. The molecule has 1 saturated carbocycles. The average molecular weight is 235 g/mol. The van der Waals surface area contributed by atoms with Gasteiger partial charge >= 0.3 is 12.5 Å². The molecule has 1 rings (SSSR count). The highest BCUT2D eigenvalue weighted by atomic mass is 19.4. The fourth-order valence-electron chi connectivity index (χ4n) is 1.60. The minimum Gasteiger partial charge on any atom is -0.281 e. The Balaban J connectivity index is 2.66. The number of hydrogen-bond donors (Lipinski definition) is 0. The van der Waals surface area contributed by atoms with Gasteiger partial charge in [-0.25, -0.2) is 0 Å². The molecular formula is C8H9F6O. The van der Waals surface area contributed by atoms with Crippen molar-refractivity contribution in [3.63, 3.8) is 0 Å². The maximum absolute atomic E-state index is 12.3. The molecule has 1 fully saturated rings. The number of hydrogen-bond acceptors (Lipinski definition) is 1. The van der Waals surface area contributed by atoms with Crippen LogP contribution >= 0.6 is 0 Å². The Hall–Kier alpha value is -0.460. The largest absolute Gasteiger partial charge is 0.523 e. The lowest BCUT2D eigenvalue weighted by molar-refractivity contribution is -0.336. The zero-order valence-electron chi connectivity index (χ0n) is 7.58. The minimum absolute atomic E-state index is 0.273. The molecule has 1 aliphatic rings. The molecule has 0 saturated heterocycles. The molecule has 0 heterocycles. The van der Waals surface area contributed by atoms with Crippen LogP contribution in [0, 0.1) is 12.0 Å². The molecule has 15 heavy (non-hydrogen) atoms. The summed E-state index contributed by atoms with van der Waals surface area (Å²) in [6, 6.07) is 0. The molecule has 89 valence electrons. The molecule has 7 heteroatoms. The van der Waals surface area contributed by atoms with Gasteiger partial charge in [-0.2, -0.15) is 13.2 Å². The maximum Gasteiger partial charge on any atom is 0.523 e. The predicted molar refractivity (Wildman–Crippen MR) is 38.4 cm³/mol. The molecule has 0 N–H and O–H groups in total. The zero-order chi connectivity index (χ0) is 11.7. The lowest BCUT2D eigenvalue weighted by Crippen LogP contribution is -2.35. The van der Waals surface area contributed by atoms with Crippen LogP contribution in [-0.2, 0) is 4.74 Å². The Morgan fingerprint density at radius 1 is 1.00 bits per heavy atom. The van der Waals surface area contributed by atoms with Crippen molar-refractivity contribution >= 4 is 0 Å². The Bertz CT molecular complexity index is 208. The van der Waals surface area contributed by atoms with Gasteiger partial charge in [0.25, 0.3) is 0 Å². The van der Waals surface area contributed by atoms with Crippen LogP contribution in [0.2, 0.25) is 0 Å². The van der Waals surface area contributed by atoms with Crippen LogP contribution in [0.3, 0.4) is 0 Å². The van der Waals surface area contributed by atoms with E-state index in [-0.39, 0.29) is 19.3 Å². The first kappa shape index (κ1) is 12.6. The molecule has 0 aromatic rings. The molecule has 0 aromatic carbocycles. The van der Waals surface area contributed by atoms with Gasteiger partial charge in [0.05, 0.1) is 5.92 Å². The molecule has 0 aromatic heterocycles. The van der Waals surface area contributed by atoms with E-state index >= 15 is 0 Å². The minimum atomic E-state index is -5.03. The van der Waals surface area contributed by atoms with Crippen LogP contribution < -0.4 is 0 Å². The first-order valence-corrected chi connectivity index (χ1v) is 4.38. The van der Waals surface area contributed by atoms with Crippen molar-refractivity contribution in [2.45, 2.75) is 38.2 Å². The second kappa shape index (κ2) is 4.19. The van der Waals surface area contributed by atoms with E-state index in [0.717, 1.165) is 0 Å². The molecule has 0 spiro atoms. The molecular weight excluding hydrogens is 226 g/mol. The predicted octanol–water partition coefficient (Wildman–Crippen LogP) is 3.81. The lowest BCUT2D eigenvalue weighted by Gasteiger charge is -2.32. The summed E-state index contributed by atoms with van der Waals surface area (Å²) < 4.78 is 75.7. The Kier molecular flexibility index (Phi) is 3.52. The zero-order valence-corrected chi connectivity index (χ0v) is 7.58. The standard InChI is InChI=1S/C8H9F6O/c9-7(10,11)5-3-1-2-4-6(5)15-8(12,13)14/h5H,1-4H2. The van der Waals surface area contributed by atoms with Crippen LogP contribution in [0.1, 0.15) is 25.7 Å². The van der Waals surface area contributed by atoms with E-state index in [1.54, 1.807) is 0 Å². The second-order valence-electron chi connectivity index (χ2n) is 3.35. The summed E-state index contributed by atoms with van der Waals surface area (Å²) >= 11 is 0. The Morgan fingerprint density at radius 2 is 1.60 bits per heavy atom. The fourth-order valence-corrected chi connectivity index (χ4v) is 1.60. The third-order valence-electron chi connectivity index (χ3n) is 2.20. The van der Waals surface area contributed by atoms with E-state index in [9.17, 15) is 26.3 Å². The van der Waals surface area contributed by atoms with Crippen molar-refractivity contribution in [2.24, 2.45) is 5.92 Å². The molecule has 0 aliphatic heterocycles. The van der Waals surface area contributed by atoms with E-state index < -0.39 is 24.6 Å². The second-order valence-corrected chi connectivity index (χ2v) is 3.35. The number of rotatable bonds is 1. The summed E-state index contributed by atoms with van der Waals surface area (Å²) in [5.74, 6) is -2.08. The number of alkyl halides is 6. The van der Waals surface area contributed by atoms with Gasteiger partial charge in [-0.3, -0.25) is 4.74 Å². The van der Waals surface area contributed by atoms with Crippen LogP contribution in [-0.4, -0.2) is 12.5 Å². The van der Waals surface area contributed by atoms with Crippen LogP contribution in [0.4, 0.5) is 26.3 Å². The SMILES string of the molecule is FC(F)(F)O[C]1CCCCC1C(F)(F)F. The van der Waals surface area contributed by atoms with Crippen molar-refractivity contribution in [1.29, 1.82) is 0 Å². The van der Waals surface area contributed by atoms with Crippen LogP contribution in [0.25, 0.3) is 0 Å². The van der Waals surface area contributed by atoms with Crippen molar-refractivity contribution in [3.8, 4) is 0 Å². The summed E-state index contributed by atoms with van der Waals surface area (Å²) in [4.78, 5) is 0. The molecule has 0 amide bonds. The normalized spacial score (nSPS) is 25.6. The highest BCUT2D eigenvalue weighted by Gasteiger charge is 2.50. The van der Waals surface area contributed by atoms with Gasteiger partial charge in [0.15, 0.2) is 0 Å². The highest BCUT2D eigenvalue weighted by Crippen LogP contribution is 2.45. The van der Waals surface area contributed by atoms with E-state index in [1.807, 2.05) is 0 Å². The van der Waals surface area contributed by atoms with Gasteiger partial charge in [0.2, 0.25) is 0 Å². The topological polar surface area (TPSA) is 9.23 Å². The van der Waals surface area contributed by atoms with Gasteiger partial charge < -0.3 is 0 Å². The fraction of sp³-hybridized carbons (Fsp3) is 0.875. The van der Waals surface area contributed by atoms with E-state index in [0.29, 0.717) is 6.42 Å². The van der Waals surface area contributed by atoms with Gasteiger partial charge in [0, 0.05) is 0 Å². The number of halogens is 6. The molecule has 1 nitrogen and oxygen atoms in total. The summed E-state index contributed by atoms with van der Waals surface area (Å²) in [6.07, 6.45) is -10.6. The Morgan fingerprint density at radius 3 is 2.07 bits per heavy atom. The monoisotopic (exact) mass is 235 g/mol. The third-order valence-corrected chi connectivity index (χ3v) is 2.20. The number of ether oxygens (including phenoxy) is 1. The Labute approximate surface area is 82.4 Å². The van der Waals surface area contributed by atoms with Crippen molar-refractivity contribution < 1.29 is 31.1 Å². The molecule has 1 aliphatic carbocycles. The van der Waals surface area contributed by atoms with Crippen LogP contribution in [0.15, 0.2) is 0 Å². The first-order chi connectivity index (χ1) is 6.70. The van der Waals surface area contributed by atoms with Crippen molar-refractivity contribution in [1.82, 2.24) is 0 Å². The summed E-state index contributed by atoms with van der Waals surface area (Å²) in [6.45, 7) is 0. The average Bonchev–Trinajstić information content (AvgIpc) is 1.99. The van der Waals surface area contributed by atoms with Gasteiger partial charge in [-0.1, -0.05) is 12.8 Å². The van der Waals surface area contributed by atoms with E-state index in [2.05, 4.69) is 4.74 Å². The van der Waals surface area contributed by atoms with E-state index in [4.69, 9.17) is 0 Å². The highest BCUT2D eigenvalue weighted by molar-refractivity contribution is 4.95. The van der Waals surface area contributed by atoms with Crippen molar-refractivity contribution in [2.75, 3.05) is 0 Å². The van der Waals surface area contributed by atoms with Gasteiger partial charge in [-0.15, -0.1) is 13.2 Å². The van der Waals surface area contributed by atoms with Crippen LogP contribution in [0.5, 0.6) is 0 Å². The van der Waals surface area contributed by atoms with Gasteiger partial charge in [0.1, 0.15) is 6.10 Å².